The van der Waals surface area contributed by atoms with Crippen LogP contribution < -0.4 is 10.1 Å². The van der Waals surface area contributed by atoms with E-state index in [4.69, 9.17) is 4.74 Å². The van der Waals surface area contributed by atoms with Crippen LogP contribution in [-0.4, -0.2) is 32.5 Å². The Bertz CT molecular complexity index is 754. The number of aromatic nitrogens is 3. The van der Waals surface area contributed by atoms with Gasteiger partial charge in [0.1, 0.15) is 5.75 Å². The van der Waals surface area contributed by atoms with E-state index in [1.54, 1.807) is 0 Å². The molecule has 0 radical (unpaired) electrons. The molecule has 0 saturated heterocycles. The minimum absolute atomic E-state index is 0.0723. The molecule has 146 valence electrons. The average Bonchev–Trinajstić information content (AvgIpc) is 3.31. The van der Waals surface area contributed by atoms with Crippen LogP contribution in [0.25, 0.3) is 0 Å². The lowest BCUT2D eigenvalue weighted by Gasteiger charge is -2.16. The summed E-state index contributed by atoms with van der Waals surface area (Å²) in [5.74, 6) is 2.02. The fourth-order valence-corrected chi connectivity index (χ4v) is 4.17. The predicted molar refractivity (Wildman–Crippen MR) is 107 cm³/mol. The SMILES string of the molecule is CCn1c(SCC(=O)NC2CCCC2)nnc1C(C)Oc1ccc(C)cc1. The van der Waals surface area contributed by atoms with Gasteiger partial charge >= 0.3 is 0 Å². The van der Waals surface area contributed by atoms with Crippen LogP contribution in [0.4, 0.5) is 0 Å². The summed E-state index contributed by atoms with van der Waals surface area (Å²) in [7, 11) is 0. The van der Waals surface area contributed by atoms with Crippen LogP contribution in [0.5, 0.6) is 5.75 Å². The molecule has 1 aliphatic carbocycles. The summed E-state index contributed by atoms with van der Waals surface area (Å²) in [6, 6.07) is 8.32. The minimum atomic E-state index is -0.221. The van der Waals surface area contributed by atoms with Crippen LogP contribution >= 0.6 is 11.8 Å². The number of carbonyl (C=O) groups is 1. The van der Waals surface area contributed by atoms with Gasteiger partial charge in [0, 0.05) is 12.6 Å². The molecule has 1 heterocycles. The third kappa shape index (κ3) is 5.25. The van der Waals surface area contributed by atoms with E-state index in [2.05, 4.69) is 15.5 Å². The smallest absolute Gasteiger partial charge is 0.230 e. The Labute approximate surface area is 165 Å². The second-order valence-corrected chi connectivity index (χ2v) is 7.94. The molecule has 1 unspecified atom stereocenters. The van der Waals surface area contributed by atoms with E-state index in [1.165, 1.54) is 30.2 Å². The van der Waals surface area contributed by atoms with Crippen molar-refractivity contribution in [3.8, 4) is 5.75 Å². The third-order valence-corrected chi connectivity index (χ3v) is 5.78. The normalized spacial score (nSPS) is 15.7. The zero-order valence-corrected chi connectivity index (χ0v) is 17.1. The van der Waals surface area contributed by atoms with E-state index in [9.17, 15) is 4.79 Å². The maximum atomic E-state index is 12.2. The highest BCUT2D eigenvalue weighted by atomic mass is 32.2. The molecule has 3 rings (SSSR count). The van der Waals surface area contributed by atoms with Crippen LogP contribution in [0.2, 0.25) is 0 Å². The summed E-state index contributed by atoms with van der Waals surface area (Å²) in [6.45, 7) is 6.80. The quantitative estimate of drug-likeness (QED) is 0.695. The molecule has 1 saturated carbocycles. The molecule has 1 aliphatic rings. The highest BCUT2D eigenvalue weighted by Gasteiger charge is 2.21. The number of aryl methyl sites for hydroxylation is 1. The van der Waals surface area contributed by atoms with Gasteiger partial charge < -0.3 is 14.6 Å². The summed E-state index contributed by atoms with van der Waals surface area (Å²) in [4.78, 5) is 12.2. The van der Waals surface area contributed by atoms with Crippen molar-refractivity contribution in [2.45, 2.75) is 70.3 Å². The van der Waals surface area contributed by atoms with Gasteiger partial charge in [0.25, 0.3) is 0 Å². The second kappa shape index (κ2) is 9.26. The van der Waals surface area contributed by atoms with Crippen molar-refractivity contribution in [3.05, 3.63) is 35.7 Å². The monoisotopic (exact) mass is 388 g/mol. The first kappa shape index (κ1) is 19.7. The van der Waals surface area contributed by atoms with Crippen molar-refractivity contribution in [1.82, 2.24) is 20.1 Å². The third-order valence-electron chi connectivity index (χ3n) is 4.81. The largest absolute Gasteiger partial charge is 0.483 e. The molecule has 1 fully saturated rings. The van der Waals surface area contributed by atoms with Gasteiger partial charge in [0.2, 0.25) is 5.91 Å². The number of ether oxygens (including phenoxy) is 1. The lowest BCUT2D eigenvalue weighted by atomic mass is 10.2. The molecule has 6 nitrogen and oxygen atoms in total. The number of thioether (sulfide) groups is 1. The summed E-state index contributed by atoms with van der Waals surface area (Å²) in [5, 5.41) is 12.5. The highest BCUT2D eigenvalue weighted by Crippen LogP contribution is 2.25. The molecule has 27 heavy (non-hydrogen) atoms. The van der Waals surface area contributed by atoms with Crippen molar-refractivity contribution < 1.29 is 9.53 Å². The van der Waals surface area contributed by atoms with Gasteiger partial charge in [-0.25, -0.2) is 0 Å². The van der Waals surface area contributed by atoms with Gasteiger partial charge in [-0.2, -0.15) is 0 Å². The van der Waals surface area contributed by atoms with E-state index in [1.807, 2.05) is 49.6 Å². The van der Waals surface area contributed by atoms with Gasteiger partial charge in [0.15, 0.2) is 17.1 Å². The summed E-state index contributed by atoms with van der Waals surface area (Å²) in [5.41, 5.74) is 1.20. The Hall–Kier alpha value is -2.02. The topological polar surface area (TPSA) is 69.0 Å². The van der Waals surface area contributed by atoms with Crippen LogP contribution in [0.3, 0.4) is 0 Å². The number of benzene rings is 1. The lowest BCUT2D eigenvalue weighted by molar-refractivity contribution is -0.119. The molecular formula is C20H28N4O2S. The summed E-state index contributed by atoms with van der Waals surface area (Å²) < 4.78 is 8.03. The van der Waals surface area contributed by atoms with Crippen LogP contribution in [-0.2, 0) is 11.3 Å². The van der Waals surface area contributed by atoms with Crippen molar-refractivity contribution in [1.29, 1.82) is 0 Å². The van der Waals surface area contributed by atoms with Gasteiger partial charge in [-0.15, -0.1) is 10.2 Å². The molecule has 0 aliphatic heterocycles. The Balaban J connectivity index is 1.59. The zero-order valence-electron chi connectivity index (χ0n) is 16.3. The Morgan fingerprint density at radius 3 is 2.67 bits per heavy atom. The standard InChI is InChI=1S/C20H28N4O2S/c1-4-24-19(15(3)26-17-11-9-14(2)10-12-17)22-23-20(24)27-13-18(25)21-16-7-5-6-8-16/h9-12,15-16H,4-8,13H2,1-3H3,(H,21,25). The predicted octanol–water partition coefficient (Wildman–Crippen LogP) is 3.90. The van der Waals surface area contributed by atoms with E-state index < -0.39 is 0 Å². The first-order valence-electron chi connectivity index (χ1n) is 9.65. The average molecular weight is 389 g/mol. The molecule has 1 atom stereocenters. The van der Waals surface area contributed by atoms with E-state index >= 15 is 0 Å². The second-order valence-electron chi connectivity index (χ2n) is 7.00. The maximum Gasteiger partial charge on any atom is 0.230 e. The fourth-order valence-electron chi connectivity index (χ4n) is 3.35. The number of nitrogens with one attached hydrogen (secondary N) is 1. The van der Waals surface area contributed by atoms with E-state index in [-0.39, 0.29) is 12.0 Å². The number of rotatable bonds is 8. The van der Waals surface area contributed by atoms with Crippen LogP contribution in [0.1, 0.15) is 57.0 Å². The maximum absolute atomic E-state index is 12.2. The molecule has 1 aromatic carbocycles. The fraction of sp³-hybridized carbons (Fsp3) is 0.550. The molecule has 7 heteroatoms. The Morgan fingerprint density at radius 1 is 1.30 bits per heavy atom. The van der Waals surface area contributed by atoms with Crippen molar-refractivity contribution >= 4 is 17.7 Å². The molecule has 2 aromatic rings. The molecule has 0 bridgehead atoms. The molecule has 0 spiro atoms. The van der Waals surface area contributed by atoms with Crippen LogP contribution in [0, 0.1) is 6.92 Å². The van der Waals surface area contributed by atoms with Gasteiger partial charge in [0.05, 0.1) is 5.75 Å². The molecule has 1 aromatic heterocycles. The molecule has 1 amide bonds. The minimum Gasteiger partial charge on any atom is -0.483 e. The number of amides is 1. The number of hydrogen-bond acceptors (Lipinski definition) is 5. The van der Waals surface area contributed by atoms with Gasteiger partial charge in [-0.05, 0) is 45.7 Å². The van der Waals surface area contributed by atoms with Crippen molar-refractivity contribution in [2.75, 3.05) is 5.75 Å². The molecule has 1 N–H and O–H groups in total. The lowest BCUT2D eigenvalue weighted by Crippen LogP contribution is -2.33. The van der Waals surface area contributed by atoms with Crippen molar-refractivity contribution in [3.63, 3.8) is 0 Å². The van der Waals surface area contributed by atoms with E-state index in [0.717, 1.165) is 36.1 Å². The highest BCUT2D eigenvalue weighted by molar-refractivity contribution is 7.99. The molecular weight excluding hydrogens is 360 g/mol. The summed E-state index contributed by atoms with van der Waals surface area (Å²) in [6.07, 6.45) is 4.40. The number of carbonyl (C=O) groups excluding carboxylic acids is 1. The van der Waals surface area contributed by atoms with Gasteiger partial charge in [-0.1, -0.05) is 42.3 Å². The first-order valence-corrected chi connectivity index (χ1v) is 10.6. The van der Waals surface area contributed by atoms with Crippen molar-refractivity contribution in [2.24, 2.45) is 0 Å². The zero-order chi connectivity index (χ0) is 19.2. The van der Waals surface area contributed by atoms with E-state index in [0.29, 0.717) is 11.8 Å². The number of nitrogens with zero attached hydrogens (tertiary/aromatic N) is 3. The van der Waals surface area contributed by atoms with Crippen LogP contribution in [0.15, 0.2) is 29.4 Å². The Kier molecular flexibility index (Phi) is 6.77. The first-order chi connectivity index (χ1) is 13.1. The van der Waals surface area contributed by atoms with Gasteiger partial charge in [-0.3, -0.25) is 4.79 Å². The summed E-state index contributed by atoms with van der Waals surface area (Å²) >= 11 is 1.43. The number of hydrogen-bond donors (Lipinski definition) is 1. The Morgan fingerprint density at radius 2 is 2.00 bits per heavy atom.